The first-order valence-corrected chi connectivity index (χ1v) is 12.8. The van der Waals surface area contributed by atoms with Crippen LogP contribution in [0.15, 0.2) is 65.6 Å². The Morgan fingerprint density at radius 1 is 1.11 bits per heavy atom. The van der Waals surface area contributed by atoms with E-state index in [9.17, 15) is 23.2 Å². The van der Waals surface area contributed by atoms with Crippen LogP contribution in [0.1, 0.15) is 61.5 Å². The molecule has 0 aliphatic carbocycles. The van der Waals surface area contributed by atoms with Gasteiger partial charge in [-0.25, -0.2) is 9.37 Å². The number of aryl methyl sites for hydroxylation is 1. The number of carbonyl (C=O) groups is 2. The Balaban J connectivity index is 1.59. The maximum Gasteiger partial charge on any atom is 0.254 e. The highest BCUT2D eigenvalue weighted by Crippen LogP contribution is 2.27. The van der Waals surface area contributed by atoms with Crippen LogP contribution < -0.4 is 10.9 Å². The molecule has 1 fully saturated rings. The van der Waals surface area contributed by atoms with Gasteiger partial charge in [-0.3, -0.25) is 14.4 Å². The lowest BCUT2D eigenvalue weighted by Gasteiger charge is -2.27. The molecule has 2 aromatic heterocycles. The molecule has 1 aromatic carbocycles. The maximum atomic E-state index is 14.8. The number of halogens is 2. The number of likely N-dealkylation sites (tertiary alicyclic amines) is 1. The normalized spacial score (nSPS) is 18.0. The SMILES string of the molecule is CCn1cccc(CC(=O)N2C[C@H](F)C[C@H]2C(=O)N[C@@H](c2ccccc2)c2ccc(C(C)C)c(F)n2)c1=O. The molecule has 3 aromatic rings. The molecule has 3 atom stereocenters. The molecule has 0 bridgehead atoms. The summed E-state index contributed by atoms with van der Waals surface area (Å²) in [5.41, 5.74) is 1.42. The quantitative estimate of drug-likeness (QED) is 0.455. The second-order valence-electron chi connectivity index (χ2n) is 9.82. The summed E-state index contributed by atoms with van der Waals surface area (Å²) in [7, 11) is 0. The van der Waals surface area contributed by atoms with Gasteiger partial charge in [-0.05, 0) is 30.5 Å². The first-order chi connectivity index (χ1) is 18.2. The molecule has 7 nitrogen and oxygen atoms in total. The third kappa shape index (κ3) is 5.82. The van der Waals surface area contributed by atoms with Crippen molar-refractivity contribution in [2.75, 3.05) is 6.54 Å². The third-order valence-corrected chi connectivity index (χ3v) is 6.89. The van der Waals surface area contributed by atoms with Crippen molar-refractivity contribution >= 4 is 11.8 Å². The summed E-state index contributed by atoms with van der Waals surface area (Å²) in [4.78, 5) is 44.6. The van der Waals surface area contributed by atoms with Crippen molar-refractivity contribution in [3.63, 3.8) is 0 Å². The van der Waals surface area contributed by atoms with Crippen LogP contribution in [-0.4, -0.2) is 45.0 Å². The Hall–Kier alpha value is -3.88. The summed E-state index contributed by atoms with van der Waals surface area (Å²) in [6.07, 6.45) is -0.147. The summed E-state index contributed by atoms with van der Waals surface area (Å²) < 4.78 is 30.8. The largest absolute Gasteiger partial charge is 0.342 e. The van der Waals surface area contributed by atoms with Crippen molar-refractivity contribution < 1.29 is 18.4 Å². The number of benzene rings is 1. The summed E-state index contributed by atoms with van der Waals surface area (Å²) >= 11 is 0. The molecular weight excluding hydrogens is 490 g/mol. The first-order valence-electron chi connectivity index (χ1n) is 12.8. The van der Waals surface area contributed by atoms with E-state index in [1.807, 2.05) is 26.8 Å². The van der Waals surface area contributed by atoms with Gasteiger partial charge in [0.25, 0.3) is 5.56 Å². The van der Waals surface area contributed by atoms with Gasteiger partial charge in [-0.2, -0.15) is 4.39 Å². The van der Waals surface area contributed by atoms with Crippen molar-refractivity contribution in [3.8, 4) is 0 Å². The third-order valence-electron chi connectivity index (χ3n) is 6.89. The zero-order valence-corrected chi connectivity index (χ0v) is 21.7. The lowest BCUT2D eigenvalue weighted by Crippen LogP contribution is -2.48. The molecular formula is C29H32F2N4O3. The zero-order chi connectivity index (χ0) is 27.4. The summed E-state index contributed by atoms with van der Waals surface area (Å²) in [5.74, 6) is -1.75. The minimum atomic E-state index is -1.38. The van der Waals surface area contributed by atoms with Crippen LogP contribution in [0.25, 0.3) is 0 Å². The van der Waals surface area contributed by atoms with E-state index >= 15 is 0 Å². The Morgan fingerprint density at radius 3 is 2.50 bits per heavy atom. The van der Waals surface area contributed by atoms with Crippen LogP contribution in [-0.2, 0) is 22.6 Å². The van der Waals surface area contributed by atoms with Gasteiger partial charge in [0, 0.05) is 30.3 Å². The Kier molecular flexibility index (Phi) is 8.34. The maximum absolute atomic E-state index is 14.8. The van der Waals surface area contributed by atoms with E-state index in [0.29, 0.717) is 23.4 Å². The number of alkyl halides is 1. The van der Waals surface area contributed by atoms with Crippen LogP contribution in [0.5, 0.6) is 0 Å². The molecule has 0 radical (unpaired) electrons. The van der Waals surface area contributed by atoms with Crippen molar-refractivity contribution in [1.29, 1.82) is 0 Å². The van der Waals surface area contributed by atoms with Gasteiger partial charge in [0.05, 0.1) is 24.7 Å². The molecule has 3 heterocycles. The average molecular weight is 523 g/mol. The van der Waals surface area contributed by atoms with Crippen molar-refractivity contribution in [1.82, 2.24) is 19.8 Å². The predicted molar refractivity (Wildman–Crippen MR) is 140 cm³/mol. The van der Waals surface area contributed by atoms with Crippen molar-refractivity contribution in [2.24, 2.45) is 0 Å². The van der Waals surface area contributed by atoms with Gasteiger partial charge >= 0.3 is 0 Å². The van der Waals surface area contributed by atoms with Gasteiger partial charge in [0.15, 0.2) is 0 Å². The average Bonchev–Trinajstić information content (AvgIpc) is 3.30. The molecule has 0 spiro atoms. The first kappa shape index (κ1) is 27.2. The minimum absolute atomic E-state index is 0.0630. The second kappa shape index (κ2) is 11.7. The monoisotopic (exact) mass is 522 g/mol. The van der Waals surface area contributed by atoms with Gasteiger partial charge in [0.2, 0.25) is 17.8 Å². The topological polar surface area (TPSA) is 84.3 Å². The van der Waals surface area contributed by atoms with E-state index in [1.165, 1.54) is 9.47 Å². The fraction of sp³-hybridized carbons (Fsp3) is 0.379. The van der Waals surface area contributed by atoms with Crippen molar-refractivity contribution in [3.05, 3.63) is 99.5 Å². The van der Waals surface area contributed by atoms with Gasteiger partial charge in [-0.15, -0.1) is 0 Å². The van der Waals surface area contributed by atoms with Crippen molar-refractivity contribution in [2.45, 2.75) is 64.3 Å². The lowest BCUT2D eigenvalue weighted by atomic mass is 9.99. The Morgan fingerprint density at radius 2 is 1.84 bits per heavy atom. The van der Waals surface area contributed by atoms with E-state index in [-0.39, 0.29) is 36.4 Å². The van der Waals surface area contributed by atoms with E-state index in [4.69, 9.17) is 0 Å². The number of amides is 2. The number of carbonyl (C=O) groups excluding carboxylic acids is 2. The predicted octanol–water partition coefficient (Wildman–Crippen LogP) is 3.91. The number of nitrogens with zero attached hydrogens (tertiary/aromatic N) is 3. The number of aromatic nitrogens is 2. The molecule has 1 N–H and O–H groups in total. The van der Waals surface area contributed by atoms with E-state index < -0.39 is 36.0 Å². The number of pyridine rings is 2. The zero-order valence-electron chi connectivity index (χ0n) is 21.7. The van der Waals surface area contributed by atoms with E-state index in [2.05, 4.69) is 10.3 Å². The van der Waals surface area contributed by atoms with E-state index in [0.717, 1.165) is 0 Å². The Bertz CT molecular complexity index is 1360. The standard InChI is InChI=1S/C29H32F2N4O3/c1-4-34-14-8-11-20(29(34)38)15-25(36)35-17-21(30)16-24(35)28(37)33-26(19-9-6-5-7-10-19)23-13-12-22(18(2)3)27(31)32-23/h5-14,18,21,24,26H,4,15-17H2,1-3H3,(H,33,37)/t21-,24+,26+/m1/s1. The highest BCUT2D eigenvalue weighted by Gasteiger charge is 2.40. The highest BCUT2D eigenvalue weighted by molar-refractivity contribution is 5.89. The van der Waals surface area contributed by atoms with Crippen LogP contribution in [0.4, 0.5) is 8.78 Å². The molecule has 2 amide bonds. The van der Waals surface area contributed by atoms with Gasteiger partial charge < -0.3 is 14.8 Å². The van der Waals surface area contributed by atoms with Crippen LogP contribution >= 0.6 is 0 Å². The molecule has 1 aliphatic rings. The molecule has 9 heteroatoms. The Labute approximate surface area is 220 Å². The number of hydrogen-bond donors (Lipinski definition) is 1. The highest BCUT2D eigenvalue weighted by atomic mass is 19.1. The number of hydrogen-bond acceptors (Lipinski definition) is 4. The summed E-state index contributed by atoms with van der Waals surface area (Å²) in [5, 5.41) is 2.87. The second-order valence-corrected chi connectivity index (χ2v) is 9.82. The number of nitrogens with one attached hydrogen (secondary N) is 1. The van der Waals surface area contributed by atoms with Gasteiger partial charge in [-0.1, -0.05) is 56.3 Å². The summed E-state index contributed by atoms with van der Waals surface area (Å²) in [6, 6.07) is 13.7. The fourth-order valence-corrected chi connectivity index (χ4v) is 4.81. The fourth-order valence-electron chi connectivity index (χ4n) is 4.81. The summed E-state index contributed by atoms with van der Waals surface area (Å²) in [6.45, 7) is 5.76. The van der Waals surface area contributed by atoms with Gasteiger partial charge in [0.1, 0.15) is 12.2 Å². The lowest BCUT2D eigenvalue weighted by molar-refractivity contribution is -0.138. The molecule has 1 saturated heterocycles. The van der Waals surface area contributed by atoms with Crippen LogP contribution in [0, 0.1) is 5.95 Å². The molecule has 0 saturated carbocycles. The smallest absolute Gasteiger partial charge is 0.254 e. The molecule has 4 rings (SSSR count). The minimum Gasteiger partial charge on any atom is -0.342 e. The number of rotatable bonds is 8. The van der Waals surface area contributed by atoms with Crippen LogP contribution in [0.3, 0.4) is 0 Å². The van der Waals surface area contributed by atoms with Crippen LogP contribution in [0.2, 0.25) is 0 Å². The molecule has 1 aliphatic heterocycles. The molecule has 200 valence electrons. The molecule has 0 unspecified atom stereocenters. The molecule has 38 heavy (non-hydrogen) atoms. The van der Waals surface area contributed by atoms with E-state index in [1.54, 1.807) is 54.7 Å².